The first-order valence-corrected chi connectivity index (χ1v) is 9.79. The van der Waals surface area contributed by atoms with Gasteiger partial charge >= 0.3 is 6.16 Å². The van der Waals surface area contributed by atoms with Gasteiger partial charge in [0.15, 0.2) is 0 Å². The third kappa shape index (κ3) is 4.46. The molecule has 0 unspecified atom stereocenters. The second-order valence-electron chi connectivity index (χ2n) is 6.75. The van der Waals surface area contributed by atoms with E-state index in [2.05, 4.69) is 0 Å². The van der Waals surface area contributed by atoms with E-state index in [-0.39, 0.29) is 16.7 Å². The second-order valence-corrected chi connectivity index (χ2v) is 7.76. The van der Waals surface area contributed by atoms with Gasteiger partial charge in [-0.25, -0.2) is 9.18 Å². The van der Waals surface area contributed by atoms with Crippen molar-refractivity contribution in [2.75, 3.05) is 4.90 Å². The molecule has 29 heavy (non-hydrogen) atoms. The molecule has 0 bridgehead atoms. The van der Waals surface area contributed by atoms with Crippen LogP contribution >= 0.6 is 11.3 Å². The van der Waals surface area contributed by atoms with Crippen molar-refractivity contribution in [3.05, 3.63) is 71.5 Å². The Hall–Kier alpha value is -3.19. The summed E-state index contributed by atoms with van der Waals surface area (Å²) in [7, 11) is 0. The van der Waals surface area contributed by atoms with E-state index < -0.39 is 17.9 Å². The minimum atomic E-state index is -1.47. The molecule has 3 rings (SSSR count). The Labute approximate surface area is 172 Å². The quantitative estimate of drug-likeness (QED) is 0.523. The fraction of sp³-hybridized carbons (Fsp3) is 0.182. The first-order valence-electron chi connectivity index (χ1n) is 8.97. The number of amides is 1. The van der Waals surface area contributed by atoms with Crippen molar-refractivity contribution in [1.82, 2.24) is 0 Å². The van der Waals surface area contributed by atoms with Crippen molar-refractivity contribution in [1.29, 1.82) is 0 Å². The van der Waals surface area contributed by atoms with E-state index in [4.69, 9.17) is 9.84 Å². The first-order chi connectivity index (χ1) is 13.8. The minimum Gasteiger partial charge on any atom is -0.449 e. The maximum absolute atomic E-state index is 14.0. The van der Waals surface area contributed by atoms with Gasteiger partial charge in [0.25, 0.3) is 5.91 Å². The molecule has 2 aromatic carbocycles. The molecule has 150 valence electrons. The van der Waals surface area contributed by atoms with Gasteiger partial charge in [-0.15, -0.1) is 0 Å². The van der Waals surface area contributed by atoms with Crippen molar-refractivity contribution in [3.63, 3.8) is 0 Å². The summed E-state index contributed by atoms with van der Waals surface area (Å²) in [6, 6.07) is 15.1. The number of aryl methyl sites for hydroxylation is 1. The van der Waals surface area contributed by atoms with Crippen LogP contribution in [-0.2, 0) is 0 Å². The van der Waals surface area contributed by atoms with Gasteiger partial charge in [0, 0.05) is 16.5 Å². The van der Waals surface area contributed by atoms with Gasteiger partial charge in [-0.05, 0) is 50.1 Å². The largest absolute Gasteiger partial charge is 0.512 e. The molecule has 1 heterocycles. The molecule has 0 aliphatic heterocycles. The first kappa shape index (κ1) is 20.5. The van der Waals surface area contributed by atoms with E-state index in [0.29, 0.717) is 11.3 Å². The molecule has 7 heteroatoms. The third-order valence-corrected chi connectivity index (χ3v) is 5.38. The van der Waals surface area contributed by atoms with E-state index >= 15 is 0 Å². The summed E-state index contributed by atoms with van der Waals surface area (Å²) in [6.07, 6.45) is -1.47. The lowest BCUT2D eigenvalue weighted by atomic mass is 10.1. The highest BCUT2D eigenvalue weighted by atomic mass is 32.1. The summed E-state index contributed by atoms with van der Waals surface area (Å²) in [6.45, 7) is 5.22. The van der Waals surface area contributed by atoms with Crippen molar-refractivity contribution in [2.24, 2.45) is 0 Å². The summed E-state index contributed by atoms with van der Waals surface area (Å²) in [4.78, 5) is 26.6. The zero-order chi connectivity index (χ0) is 21.1. The Kier molecular flexibility index (Phi) is 5.98. The molecule has 1 N–H and O–H groups in total. The second kappa shape index (κ2) is 8.45. The average Bonchev–Trinajstić information content (AvgIpc) is 3.07. The molecule has 0 spiro atoms. The van der Waals surface area contributed by atoms with Crippen LogP contribution in [0.15, 0.2) is 54.6 Å². The molecule has 1 amide bonds. The van der Waals surface area contributed by atoms with E-state index in [0.717, 1.165) is 21.8 Å². The number of rotatable bonds is 5. The van der Waals surface area contributed by atoms with Crippen LogP contribution in [0.4, 0.5) is 14.9 Å². The zero-order valence-electron chi connectivity index (χ0n) is 16.2. The van der Waals surface area contributed by atoms with Gasteiger partial charge in [0.1, 0.15) is 5.82 Å². The van der Waals surface area contributed by atoms with Gasteiger partial charge in [-0.2, -0.15) is 0 Å². The van der Waals surface area contributed by atoms with Crippen LogP contribution in [0.25, 0.3) is 10.4 Å². The van der Waals surface area contributed by atoms with Crippen LogP contribution in [0.1, 0.15) is 29.8 Å². The number of nitrogens with zero attached hydrogens (tertiary/aromatic N) is 1. The van der Waals surface area contributed by atoms with Crippen LogP contribution in [-0.4, -0.2) is 23.2 Å². The highest BCUT2D eigenvalue weighted by molar-refractivity contribution is 7.18. The average molecular weight is 413 g/mol. The van der Waals surface area contributed by atoms with Gasteiger partial charge in [0.05, 0.1) is 5.69 Å². The summed E-state index contributed by atoms with van der Waals surface area (Å²) >= 11 is 1.13. The molecule has 0 saturated heterocycles. The molecule has 0 atom stereocenters. The molecule has 0 fully saturated rings. The summed E-state index contributed by atoms with van der Waals surface area (Å²) in [5, 5.41) is 9.23. The highest BCUT2D eigenvalue weighted by Gasteiger charge is 2.28. The molecule has 0 aliphatic carbocycles. The van der Waals surface area contributed by atoms with Crippen molar-refractivity contribution in [3.8, 4) is 15.5 Å². The Balaban J connectivity index is 2.10. The maximum atomic E-state index is 14.0. The number of carbonyl (C=O) groups is 2. The third-order valence-electron chi connectivity index (χ3n) is 4.33. The lowest BCUT2D eigenvalue weighted by Gasteiger charge is -2.26. The number of carboxylic acid groups (broad SMARTS) is 1. The van der Waals surface area contributed by atoms with Gasteiger partial charge < -0.3 is 14.7 Å². The molecule has 0 saturated carbocycles. The van der Waals surface area contributed by atoms with Crippen LogP contribution < -0.4 is 9.64 Å². The highest BCUT2D eigenvalue weighted by Crippen LogP contribution is 2.44. The Bertz CT molecular complexity index is 1050. The number of hydrogen-bond acceptors (Lipinski definition) is 4. The van der Waals surface area contributed by atoms with Crippen molar-refractivity contribution < 1.29 is 23.8 Å². The van der Waals surface area contributed by atoms with E-state index in [1.807, 2.05) is 30.3 Å². The zero-order valence-corrected chi connectivity index (χ0v) is 17.0. The fourth-order valence-electron chi connectivity index (χ4n) is 2.92. The van der Waals surface area contributed by atoms with E-state index in [9.17, 15) is 14.0 Å². The molecule has 0 aliphatic rings. The maximum Gasteiger partial charge on any atom is 0.512 e. The predicted molar refractivity (Wildman–Crippen MR) is 111 cm³/mol. The SMILES string of the molecule is Cc1ccc(C(=O)N(c2cc(-c3ccccc3)sc2OC(=O)O)C(C)C)cc1F. The molecular weight excluding hydrogens is 393 g/mol. The predicted octanol–water partition coefficient (Wildman–Crippen LogP) is 5.97. The Morgan fingerprint density at radius 1 is 1.10 bits per heavy atom. The van der Waals surface area contributed by atoms with Crippen LogP contribution in [0.2, 0.25) is 0 Å². The lowest BCUT2D eigenvalue weighted by molar-refractivity contribution is 0.0977. The minimum absolute atomic E-state index is 0.0889. The summed E-state index contributed by atoms with van der Waals surface area (Å²) in [5.74, 6) is -0.914. The van der Waals surface area contributed by atoms with Crippen LogP contribution in [0, 0.1) is 12.7 Å². The Morgan fingerprint density at radius 2 is 1.79 bits per heavy atom. The monoisotopic (exact) mass is 413 g/mol. The fourth-order valence-corrected chi connectivity index (χ4v) is 3.92. The number of thiophene rings is 1. The van der Waals surface area contributed by atoms with Crippen LogP contribution in [0.3, 0.4) is 0 Å². The number of ether oxygens (including phenoxy) is 1. The molecule has 5 nitrogen and oxygen atoms in total. The van der Waals surface area contributed by atoms with E-state index in [1.54, 1.807) is 39.0 Å². The number of hydrogen-bond donors (Lipinski definition) is 1. The molecule has 0 radical (unpaired) electrons. The smallest absolute Gasteiger partial charge is 0.449 e. The van der Waals surface area contributed by atoms with Gasteiger partial charge in [-0.1, -0.05) is 47.7 Å². The Morgan fingerprint density at radius 3 is 2.38 bits per heavy atom. The number of halogens is 1. The number of anilines is 1. The van der Waals surface area contributed by atoms with Crippen LogP contribution in [0.5, 0.6) is 5.06 Å². The molecule has 3 aromatic rings. The lowest BCUT2D eigenvalue weighted by Crippen LogP contribution is -2.37. The van der Waals surface area contributed by atoms with Gasteiger partial charge in [0.2, 0.25) is 5.06 Å². The standard InChI is InChI=1S/C22H20FNO4S/c1-13(2)24(20(25)16-10-9-14(3)17(23)11-16)18-12-19(15-7-5-4-6-8-15)29-21(18)28-22(26)27/h4-13H,1-3H3,(H,26,27). The van der Waals surface area contributed by atoms with Crippen molar-refractivity contribution >= 4 is 29.1 Å². The molecule has 1 aromatic heterocycles. The number of carbonyl (C=O) groups excluding carboxylic acids is 1. The normalized spacial score (nSPS) is 10.8. The van der Waals surface area contributed by atoms with E-state index in [1.165, 1.54) is 11.0 Å². The number of benzene rings is 2. The summed E-state index contributed by atoms with van der Waals surface area (Å²) < 4.78 is 19.0. The topological polar surface area (TPSA) is 66.8 Å². The summed E-state index contributed by atoms with van der Waals surface area (Å²) in [5.41, 5.74) is 1.82. The molecular formula is C22H20FNO4S. The van der Waals surface area contributed by atoms with Gasteiger partial charge in [-0.3, -0.25) is 4.79 Å². The van der Waals surface area contributed by atoms with Crippen molar-refractivity contribution in [2.45, 2.75) is 26.8 Å².